The van der Waals surface area contributed by atoms with E-state index in [4.69, 9.17) is 9.47 Å². The quantitative estimate of drug-likeness (QED) is 0.880. The van der Waals surface area contributed by atoms with Crippen molar-refractivity contribution in [3.8, 4) is 5.75 Å². The number of rotatable bonds is 6. The molecular weight excluding hydrogens is 310 g/mol. The van der Waals surface area contributed by atoms with E-state index in [1.165, 1.54) is 10.4 Å². The highest BCUT2D eigenvalue weighted by Crippen LogP contribution is 2.31. The Hall–Kier alpha value is -1.47. The van der Waals surface area contributed by atoms with E-state index < -0.39 is 0 Å². The van der Waals surface area contributed by atoms with Crippen LogP contribution in [0.15, 0.2) is 30.5 Å². The molecule has 1 fully saturated rings. The Morgan fingerprint density at radius 1 is 1.35 bits per heavy atom. The second-order valence-electron chi connectivity index (χ2n) is 5.59. The Bertz CT molecular complexity index is 632. The summed E-state index contributed by atoms with van der Waals surface area (Å²) in [6, 6.07) is 8.57. The van der Waals surface area contributed by atoms with Crippen molar-refractivity contribution in [2.75, 3.05) is 33.9 Å². The van der Waals surface area contributed by atoms with Crippen molar-refractivity contribution in [1.29, 1.82) is 0 Å². The first-order chi connectivity index (χ1) is 11.3. The molecule has 124 valence electrons. The fourth-order valence-electron chi connectivity index (χ4n) is 2.99. The number of nitrogens with one attached hydrogen (secondary N) is 1. The van der Waals surface area contributed by atoms with Crippen LogP contribution >= 0.6 is 11.3 Å². The molecule has 0 radical (unpaired) electrons. The molecule has 3 rings (SSSR count). The molecule has 1 N–H and O–H groups in total. The van der Waals surface area contributed by atoms with Gasteiger partial charge in [-0.05, 0) is 6.07 Å². The van der Waals surface area contributed by atoms with Gasteiger partial charge in [0.2, 0.25) is 0 Å². The molecule has 1 atom stereocenters. The van der Waals surface area contributed by atoms with Gasteiger partial charge in [-0.15, -0.1) is 11.3 Å². The number of ether oxygens (including phenoxy) is 2. The summed E-state index contributed by atoms with van der Waals surface area (Å²) in [5.74, 6) is 0.949. The van der Waals surface area contributed by atoms with Crippen LogP contribution in [0.3, 0.4) is 0 Å². The molecule has 5 nitrogen and oxygen atoms in total. The third kappa shape index (κ3) is 3.90. The molecule has 1 aromatic heterocycles. The highest BCUT2D eigenvalue weighted by Gasteiger charge is 2.26. The van der Waals surface area contributed by atoms with Crippen LogP contribution in [-0.4, -0.2) is 43.7 Å². The summed E-state index contributed by atoms with van der Waals surface area (Å²) in [7, 11) is 3.45. The van der Waals surface area contributed by atoms with E-state index in [9.17, 15) is 0 Å². The topological polar surface area (TPSA) is 46.6 Å². The van der Waals surface area contributed by atoms with Gasteiger partial charge in [0.05, 0.1) is 31.2 Å². The highest BCUT2D eigenvalue weighted by molar-refractivity contribution is 7.11. The van der Waals surface area contributed by atoms with Crippen LogP contribution < -0.4 is 10.1 Å². The monoisotopic (exact) mass is 333 g/mol. The summed E-state index contributed by atoms with van der Waals surface area (Å²) in [6.07, 6.45) is 1.92. The fraction of sp³-hybridized carbons (Fsp3) is 0.471. The highest BCUT2D eigenvalue weighted by atomic mass is 32.1. The van der Waals surface area contributed by atoms with Crippen LogP contribution in [0, 0.1) is 0 Å². The van der Waals surface area contributed by atoms with E-state index in [1.807, 2.05) is 18.3 Å². The number of thiazole rings is 1. The molecule has 23 heavy (non-hydrogen) atoms. The van der Waals surface area contributed by atoms with E-state index in [-0.39, 0.29) is 0 Å². The summed E-state index contributed by atoms with van der Waals surface area (Å²) in [6.45, 7) is 4.43. The molecule has 2 heterocycles. The smallest absolute Gasteiger partial charge is 0.123 e. The Morgan fingerprint density at radius 2 is 2.22 bits per heavy atom. The number of hydrogen-bond donors (Lipinski definition) is 1. The van der Waals surface area contributed by atoms with Crippen molar-refractivity contribution in [2.24, 2.45) is 0 Å². The normalized spacial score (nSPS) is 19.0. The maximum atomic E-state index is 5.55. The molecule has 0 saturated carbocycles. The second-order valence-corrected chi connectivity index (χ2v) is 6.79. The minimum Gasteiger partial charge on any atom is -0.496 e. The van der Waals surface area contributed by atoms with Crippen LogP contribution in [0.4, 0.5) is 0 Å². The fourth-order valence-corrected chi connectivity index (χ4v) is 3.91. The number of hydrogen-bond acceptors (Lipinski definition) is 6. The van der Waals surface area contributed by atoms with Crippen LogP contribution in [0.1, 0.15) is 21.5 Å². The predicted molar refractivity (Wildman–Crippen MR) is 91.8 cm³/mol. The molecule has 2 aromatic rings. The number of para-hydroxylation sites is 1. The van der Waals surface area contributed by atoms with Gasteiger partial charge in [0.25, 0.3) is 0 Å². The zero-order chi connectivity index (χ0) is 16.1. The van der Waals surface area contributed by atoms with E-state index in [0.29, 0.717) is 12.6 Å². The zero-order valence-corrected chi connectivity index (χ0v) is 14.4. The van der Waals surface area contributed by atoms with Gasteiger partial charge in [0.15, 0.2) is 0 Å². The number of aromatic nitrogens is 1. The molecule has 1 aliphatic heterocycles. The summed E-state index contributed by atoms with van der Waals surface area (Å²) in [5, 5.41) is 4.63. The first-order valence-corrected chi connectivity index (χ1v) is 8.63. The van der Waals surface area contributed by atoms with Crippen molar-refractivity contribution in [1.82, 2.24) is 15.2 Å². The lowest BCUT2D eigenvalue weighted by atomic mass is 10.0. The average Bonchev–Trinajstić information content (AvgIpc) is 3.03. The standard InChI is InChI=1S/C17H23N3O2S/c1-21-12-13-9-19-17(23-13)11-20-8-7-18-10-15(20)14-5-3-4-6-16(14)22-2/h3-6,9,15,18H,7-8,10-12H2,1-2H3. The Labute approximate surface area is 141 Å². The number of methoxy groups -OCH3 is 2. The molecular formula is C17H23N3O2S. The lowest BCUT2D eigenvalue weighted by Gasteiger charge is -2.36. The largest absolute Gasteiger partial charge is 0.496 e. The summed E-state index contributed by atoms with van der Waals surface area (Å²) >= 11 is 1.73. The Balaban J connectivity index is 1.78. The van der Waals surface area contributed by atoms with Gasteiger partial charge in [0, 0.05) is 38.5 Å². The van der Waals surface area contributed by atoms with Crippen molar-refractivity contribution in [3.63, 3.8) is 0 Å². The average molecular weight is 333 g/mol. The third-order valence-corrected chi connectivity index (χ3v) is 5.03. The molecule has 1 saturated heterocycles. The first kappa shape index (κ1) is 16.4. The van der Waals surface area contributed by atoms with Gasteiger partial charge in [0.1, 0.15) is 10.8 Å². The minimum absolute atomic E-state index is 0.301. The van der Waals surface area contributed by atoms with E-state index in [1.54, 1.807) is 25.6 Å². The van der Waals surface area contributed by atoms with E-state index in [2.05, 4.69) is 27.3 Å². The number of nitrogens with zero attached hydrogens (tertiary/aromatic N) is 2. The van der Waals surface area contributed by atoms with Crippen molar-refractivity contribution in [2.45, 2.75) is 19.2 Å². The number of piperazine rings is 1. The summed E-state index contributed by atoms with van der Waals surface area (Å²) in [5.41, 5.74) is 1.23. The van der Waals surface area contributed by atoms with Gasteiger partial charge in [-0.25, -0.2) is 4.98 Å². The van der Waals surface area contributed by atoms with Gasteiger partial charge in [-0.3, -0.25) is 4.90 Å². The molecule has 0 spiro atoms. The van der Waals surface area contributed by atoms with Gasteiger partial charge >= 0.3 is 0 Å². The van der Waals surface area contributed by atoms with E-state index in [0.717, 1.165) is 36.9 Å². The maximum absolute atomic E-state index is 5.55. The van der Waals surface area contributed by atoms with Crippen LogP contribution in [0.25, 0.3) is 0 Å². The molecule has 0 aliphatic carbocycles. The molecule has 0 bridgehead atoms. The molecule has 1 aliphatic rings. The summed E-state index contributed by atoms with van der Waals surface area (Å²) in [4.78, 5) is 8.19. The van der Waals surface area contributed by atoms with Gasteiger partial charge in [-0.1, -0.05) is 18.2 Å². The van der Waals surface area contributed by atoms with Crippen molar-refractivity contribution >= 4 is 11.3 Å². The van der Waals surface area contributed by atoms with Crippen LogP contribution in [0.5, 0.6) is 5.75 Å². The Morgan fingerprint density at radius 3 is 3.04 bits per heavy atom. The Kier molecular flexibility index (Phi) is 5.61. The minimum atomic E-state index is 0.301. The summed E-state index contributed by atoms with van der Waals surface area (Å²) < 4.78 is 10.7. The lowest BCUT2D eigenvalue weighted by molar-refractivity contribution is 0.151. The van der Waals surface area contributed by atoms with Gasteiger partial charge in [-0.2, -0.15) is 0 Å². The van der Waals surface area contributed by atoms with Crippen LogP contribution in [-0.2, 0) is 17.9 Å². The van der Waals surface area contributed by atoms with Crippen molar-refractivity contribution in [3.05, 3.63) is 45.9 Å². The lowest BCUT2D eigenvalue weighted by Crippen LogP contribution is -2.45. The zero-order valence-electron chi connectivity index (χ0n) is 13.6. The van der Waals surface area contributed by atoms with Crippen molar-refractivity contribution < 1.29 is 9.47 Å². The second kappa shape index (κ2) is 7.88. The first-order valence-electron chi connectivity index (χ1n) is 7.82. The molecule has 0 amide bonds. The van der Waals surface area contributed by atoms with Gasteiger partial charge < -0.3 is 14.8 Å². The molecule has 1 aromatic carbocycles. The SMILES string of the molecule is COCc1cnc(CN2CCNCC2c2ccccc2OC)s1. The molecule has 1 unspecified atom stereocenters. The van der Waals surface area contributed by atoms with Crippen LogP contribution in [0.2, 0.25) is 0 Å². The number of benzene rings is 1. The predicted octanol–water partition coefficient (Wildman–Crippen LogP) is 2.44. The maximum Gasteiger partial charge on any atom is 0.123 e. The van der Waals surface area contributed by atoms with E-state index >= 15 is 0 Å². The molecule has 6 heteroatoms. The third-order valence-electron chi connectivity index (χ3n) is 4.08.